The van der Waals surface area contributed by atoms with E-state index in [9.17, 15) is 30.3 Å². The maximum atomic E-state index is 10.4. The van der Waals surface area contributed by atoms with Gasteiger partial charge in [0.15, 0.2) is 11.7 Å². The number of non-ortho nitro benzene ring substituents is 1. The van der Waals surface area contributed by atoms with Crippen LogP contribution < -0.4 is 22.1 Å². The molecule has 0 aliphatic carbocycles. The Hall–Kier alpha value is -3.92. The zero-order chi connectivity index (χ0) is 27.5. The molecule has 0 fully saturated rings. The molecule has 1 aromatic carbocycles. The lowest BCUT2D eigenvalue weighted by Gasteiger charge is -2.04. The number of phenols is 1. The molecule has 0 spiro atoms. The first-order chi connectivity index (χ1) is 17.1. The predicted octanol–water partition coefficient (Wildman–Crippen LogP) is 1.60. The van der Waals surface area contributed by atoms with Crippen LogP contribution in [0.5, 0.6) is 5.75 Å². The summed E-state index contributed by atoms with van der Waals surface area (Å²) in [6.07, 6.45) is 4.77. The van der Waals surface area contributed by atoms with Gasteiger partial charge in [-0.2, -0.15) is 0 Å². The third-order valence-electron chi connectivity index (χ3n) is 4.48. The fourth-order valence-corrected chi connectivity index (χ4v) is 2.50. The zero-order valence-corrected chi connectivity index (χ0v) is 20.5. The Morgan fingerprint density at radius 2 is 1.19 bits per heavy atom. The van der Waals surface area contributed by atoms with Crippen LogP contribution in [0, 0.1) is 30.3 Å². The highest BCUT2D eigenvalue weighted by molar-refractivity contribution is 6.39. The summed E-state index contributed by atoms with van der Waals surface area (Å²) < 4.78 is 0. The van der Waals surface area contributed by atoms with Gasteiger partial charge in [-0.1, -0.05) is 26.7 Å². The van der Waals surface area contributed by atoms with E-state index in [4.69, 9.17) is 16.6 Å². The summed E-state index contributed by atoms with van der Waals surface area (Å²) in [6.45, 7) is 9.33. The third kappa shape index (κ3) is 13.1. The van der Waals surface area contributed by atoms with Crippen LogP contribution in [0.25, 0.3) is 0 Å². The molecule has 16 nitrogen and oxygen atoms in total. The number of benzene rings is 1. The van der Waals surface area contributed by atoms with Gasteiger partial charge in [-0.05, 0) is 25.9 Å². The van der Waals surface area contributed by atoms with E-state index >= 15 is 0 Å². The van der Waals surface area contributed by atoms with E-state index in [1.165, 1.54) is 25.7 Å². The predicted molar refractivity (Wildman–Crippen MR) is 137 cm³/mol. The number of nitro benzene ring substituents is 3. The van der Waals surface area contributed by atoms with Crippen LogP contribution >= 0.6 is 0 Å². The Kier molecular flexibility index (Phi) is 16.4. The van der Waals surface area contributed by atoms with Crippen molar-refractivity contribution in [3.8, 4) is 5.75 Å². The SMILES string of the molecule is CCCCNCCN=C(N)C(N)=NCCNCCCC.O=[N+]([O-])c1cc([N+](=O)[O-])c(O)c([N+](=O)[O-])c1. The molecule has 1 rings (SSSR count). The van der Waals surface area contributed by atoms with Gasteiger partial charge in [0, 0.05) is 13.1 Å². The number of nitrogens with one attached hydrogen (secondary N) is 2. The molecule has 0 aliphatic rings. The number of unbranched alkanes of at least 4 members (excludes halogenated alkanes) is 2. The van der Waals surface area contributed by atoms with Crippen LogP contribution in [0.2, 0.25) is 0 Å². The molecule has 16 heteroatoms. The second-order valence-corrected chi connectivity index (χ2v) is 7.34. The number of nitrogens with zero attached hydrogens (tertiary/aromatic N) is 5. The molecule has 36 heavy (non-hydrogen) atoms. The lowest BCUT2D eigenvalue weighted by Crippen LogP contribution is -2.33. The number of hydrogen-bond acceptors (Lipinski definition) is 11. The highest BCUT2D eigenvalue weighted by Gasteiger charge is 2.30. The molecule has 7 N–H and O–H groups in total. The molecule has 0 heterocycles. The van der Waals surface area contributed by atoms with Gasteiger partial charge >= 0.3 is 11.4 Å². The summed E-state index contributed by atoms with van der Waals surface area (Å²) >= 11 is 0. The highest BCUT2D eigenvalue weighted by Crippen LogP contribution is 2.38. The minimum atomic E-state index is -1.21. The number of aromatic hydroxyl groups is 1. The second kappa shape index (κ2) is 18.4. The lowest BCUT2D eigenvalue weighted by molar-refractivity contribution is -0.404. The smallest absolute Gasteiger partial charge is 0.324 e. The van der Waals surface area contributed by atoms with Crippen LogP contribution in [0.1, 0.15) is 39.5 Å². The van der Waals surface area contributed by atoms with Crippen molar-refractivity contribution in [3.05, 3.63) is 42.5 Å². The number of nitrogens with two attached hydrogens (primary N) is 2. The Morgan fingerprint density at radius 1 is 0.806 bits per heavy atom. The quantitative estimate of drug-likeness (QED) is 0.0739. The van der Waals surface area contributed by atoms with Crippen LogP contribution in [-0.4, -0.2) is 70.8 Å². The van der Waals surface area contributed by atoms with Crippen LogP contribution in [0.4, 0.5) is 17.1 Å². The van der Waals surface area contributed by atoms with Gasteiger partial charge < -0.3 is 27.2 Å². The molecule has 0 radical (unpaired) electrons. The van der Waals surface area contributed by atoms with Gasteiger partial charge in [0.05, 0.1) is 40.0 Å². The fraction of sp³-hybridized carbons (Fsp3) is 0.600. The van der Waals surface area contributed by atoms with Crippen molar-refractivity contribution in [1.29, 1.82) is 0 Å². The average Bonchev–Trinajstić information content (AvgIpc) is 2.83. The van der Waals surface area contributed by atoms with E-state index in [0.717, 1.165) is 26.2 Å². The van der Waals surface area contributed by atoms with Crippen molar-refractivity contribution in [2.45, 2.75) is 39.5 Å². The molecular formula is C20H35N9O7. The summed E-state index contributed by atoms with van der Waals surface area (Å²) in [5, 5.41) is 46.8. The topological polar surface area (TPSA) is 250 Å². The summed E-state index contributed by atoms with van der Waals surface area (Å²) in [5.41, 5.74) is 8.53. The molecule has 0 atom stereocenters. The van der Waals surface area contributed by atoms with Gasteiger partial charge in [0.25, 0.3) is 11.4 Å². The minimum absolute atomic E-state index is 0.343. The Bertz CT molecular complexity index is 860. The Morgan fingerprint density at radius 3 is 1.50 bits per heavy atom. The molecule has 0 amide bonds. The van der Waals surface area contributed by atoms with Crippen LogP contribution in [0.3, 0.4) is 0 Å². The molecule has 0 aliphatic heterocycles. The largest absolute Gasteiger partial charge is 0.497 e. The minimum Gasteiger partial charge on any atom is -0.497 e. The lowest BCUT2D eigenvalue weighted by atomic mass is 10.2. The highest BCUT2D eigenvalue weighted by atomic mass is 16.6. The first-order valence-corrected chi connectivity index (χ1v) is 11.4. The standard InChI is InChI=1S/C14H32N6.C6H3N3O7/c1-3-5-7-17-9-11-19-13(15)14(16)20-12-10-18-8-6-4-2;10-6-4(8(13)14)1-3(7(11)12)2-5(6)9(15)16/h17-18H,3-12H2,1-2H3,(H2,15,19)(H2,16,20);1-2,10H. The average molecular weight is 514 g/mol. The first-order valence-electron chi connectivity index (χ1n) is 11.4. The molecule has 0 saturated heterocycles. The number of amidine groups is 2. The Labute approximate surface area is 208 Å². The second-order valence-electron chi connectivity index (χ2n) is 7.34. The van der Waals surface area contributed by atoms with E-state index in [1.54, 1.807) is 0 Å². The van der Waals surface area contributed by atoms with Crippen molar-refractivity contribution >= 4 is 28.7 Å². The Balaban J connectivity index is 0.000000696. The van der Waals surface area contributed by atoms with E-state index in [0.29, 0.717) is 36.9 Å². The fourth-order valence-electron chi connectivity index (χ4n) is 2.50. The summed E-state index contributed by atoms with van der Waals surface area (Å²) in [4.78, 5) is 36.2. The van der Waals surface area contributed by atoms with Gasteiger partial charge in [-0.3, -0.25) is 40.3 Å². The molecule has 0 unspecified atom stereocenters. The molecule has 1 aromatic rings. The number of rotatable bonds is 15. The van der Waals surface area contributed by atoms with E-state index in [1.807, 2.05) is 0 Å². The van der Waals surface area contributed by atoms with Gasteiger partial charge in [0.2, 0.25) is 0 Å². The van der Waals surface area contributed by atoms with Gasteiger partial charge in [-0.25, -0.2) is 0 Å². The van der Waals surface area contributed by atoms with Crippen molar-refractivity contribution < 1.29 is 19.9 Å². The van der Waals surface area contributed by atoms with Crippen LogP contribution in [-0.2, 0) is 0 Å². The summed E-state index contributed by atoms with van der Waals surface area (Å²) in [5.74, 6) is -0.521. The van der Waals surface area contributed by atoms with E-state index < -0.39 is 37.6 Å². The summed E-state index contributed by atoms with van der Waals surface area (Å²) in [7, 11) is 0. The molecular weight excluding hydrogens is 478 g/mol. The van der Waals surface area contributed by atoms with Gasteiger partial charge in [0.1, 0.15) is 0 Å². The van der Waals surface area contributed by atoms with E-state index in [-0.39, 0.29) is 0 Å². The van der Waals surface area contributed by atoms with Crippen LogP contribution in [0.15, 0.2) is 22.1 Å². The van der Waals surface area contributed by atoms with E-state index in [2.05, 4.69) is 34.5 Å². The number of aliphatic imine (C=N–C) groups is 2. The van der Waals surface area contributed by atoms with Crippen molar-refractivity contribution in [1.82, 2.24) is 10.6 Å². The molecule has 0 saturated carbocycles. The maximum Gasteiger partial charge on any atom is 0.324 e. The molecule has 0 aromatic heterocycles. The maximum absolute atomic E-state index is 10.4. The number of hydrogen-bond donors (Lipinski definition) is 5. The number of nitro groups is 3. The molecule has 202 valence electrons. The van der Waals surface area contributed by atoms with Crippen molar-refractivity contribution in [3.63, 3.8) is 0 Å². The number of phenolic OH excluding ortho intramolecular Hbond substituents is 1. The monoisotopic (exact) mass is 513 g/mol. The van der Waals surface area contributed by atoms with Crippen molar-refractivity contribution in [2.24, 2.45) is 21.5 Å². The third-order valence-corrected chi connectivity index (χ3v) is 4.48. The van der Waals surface area contributed by atoms with Crippen molar-refractivity contribution in [2.75, 3.05) is 39.3 Å². The zero-order valence-electron chi connectivity index (χ0n) is 20.5. The first kappa shape index (κ1) is 32.1. The summed E-state index contributed by atoms with van der Waals surface area (Å²) in [6, 6.07) is 0.894. The normalized spacial score (nSPS) is 11.5. The van der Waals surface area contributed by atoms with Gasteiger partial charge in [-0.15, -0.1) is 0 Å². The molecule has 0 bridgehead atoms.